The molecule has 0 atom stereocenters. The maximum Gasteiger partial charge on any atom is 0.339 e. The van der Waals surface area contributed by atoms with Gasteiger partial charge < -0.3 is 10.5 Å². The first-order chi connectivity index (χ1) is 6.19. The molecular formula is C8H7N3O2. The van der Waals surface area contributed by atoms with Crippen molar-refractivity contribution in [1.82, 2.24) is 4.98 Å². The molecule has 0 radical (unpaired) electrons. The Hall–Kier alpha value is -2.09. The van der Waals surface area contributed by atoms with E-state index < -0.39 is 5.97 Å². The first-order valence-corrected chi connectivity index (χ1v) is 3.43. The molecule has 0 saturated heterocycles. The average Bonchev–Trinajstić information content (AvgIpc) is 2.17. The Bertz CT molecular complexity index is 381. The van der Waals surface area contributed by atoms with Crippen LogP contribution in [0.3, 0.4) is 0 Å². The van der Waals surface area contributed by atoms with E-state index in [9.17, 15) is 4.79 Å². The number of aromatic nitrogens is 1. The number of carbonyl (C=O) groups is 1. The minimum Gasteiger partial charge on any atom is -0.465 e. The Balaban J connectivity index is 3.15. The molecule has 0 saturated carbocycles. The third-order valence-corrected chi connectivity index (χ3v) is 1.46. The number of anilines is 1. The molecule has 1 heterocycles. The summed E-state index contributed by atoms with van der Waals surface area (Å²) < 4.78 is 4.45. The number of pyridine rings is 1. The van der Waals surface area contributed by atoms with E-state index in [-0.39, 0.29) is 16.9 Å². The van der Waals surface area contributed by atoms with Gasteiger partial charge in [0.25, 0.3) is 0 Å². The first-order valence-electron chi connectivity index (χ1n) is 3.43. The monoisotopic (exact) mass is 177 g/mol. The zero-order chi connectivity index (χ0) is 9.84. The molecule has 1 aromatic rings. The van der Waals surface area contributed by atoms with Crippen molar-refractivity contribution in [3.05, 3.63) is 23.4 Å². The molecule has 5 nitrogen and oxygen atoms in total. The maximum absolute atomic E-state index is 11.0. The lowest BCUT2D eigenvalue weighted by atomic mass is 10.2. The summed E-state index contributed by atoms with van der Waals surface area (Å²) in [5, 5.41) is 8.58. The lowest BCUT2D eigenvalue weighted by Gasteiger charge is -1.99. The standard InChI is InChI=1S/C8H7N3O2/c1-13-8(12)6-2-5(3-9)7(10)11-4-6/h2,4H,1H3,(H2,10,11). The van der Waals surface area contributed by atoms with Crippen LogP contribution >= 0.6 is 0 Å². The lowest BCUT2D eigenvalue weighted by Crippen LogP contribution is -2.04. The molecule has 66 valence electrons. The van der Waals surface area contributed by atoms with Crippen LogP contribution in [-0.4, -0.2) is 18.1 Å². The minimum atomic E-state index is -0.538. The van der Waals surface area contributed by atoms with Crippen LogP contribution in [0.15, 0.2) is 12.3 Å². The van der Waals surface area contributed by atoms with Crippen molar-refractivity contribution < 1.29 is 9.53 Å². The van der Waals surface area contributed by atoms with Gasteiger partial charge in [-0.15, -0.1) is 0 Å². The summed E-state index contributed by atoms with van der Waals surface area (Å²) in [5.41, 5.74) is 5.74. The molecule has 0 fully saturated rings. The van der Waals surface area contributed by atoms with Crippen LogP contribution < -0.4 is 5.73 Å². The van der Waals surface area contributed by atoms with Gasteiger partial charge in [0.2, 0.25) is 0 Å². The van der Waals surface area contributed by atoms with E-state index in [1.165, 1.54) is 19.4 Å². The summed E-state index contributed by atoms with van der Waals surface area (Å²) >= 11 is 0. The fourth-order valence-electron chi connectivity index (χ4n) is 0.794. The molecule has 0 spiro atoms. The zero-order valence-electron chi connectivity index (χ0n) is 6.94. The number of methoxy groups -OCH3 is 1. The number of nitrogens with two attached hydrogens (primary N) is 1. The fraction of sp³-hybridized carbons (Fsp3) is 0.125. The highest BCUT2D eigenvalue weighted by Gasteiger charge is 2.08. The Labute approximate surface area is 74.8 Å². The second-order valence-electron chi connectivity index (χ2n) is 2.26. The molecule has 0 amide bonds. The van der Waals surface area contributed by atoms with Gasteiger partial charge in [-0.3, -0.25) is 0 Å². The second-order valence-corrected chi connectivity index (χ2v) is 2.26. The molecule has 0 unspecified atom stereocenters. The van der Waals surface area contributed by atoms with Crippen molar-refractivity contribution in [2.45, 2.75) is 0 Å². The fourth-order valence-corrected chi connectivity index (χ4v) is 0.794. The van der Waals surface area contributed by atoms with Gasteiger partial charge in [-0.1, -0.05) is 0 Å². The molecular weight excluding hydrogens is 170 g/mol. The molecule has 0 aromatic carbocycles. The van der Waals surface area contributed by atoms with E-state index in [0.29, 0.717) is 0 Å². The predicted octanol–water partition coefficient (Wildman–Crippen LogP) is 0.322. The van der Waals surface area contributed by atoms with E-state index >= 15 is 0 Å². The average molecular weight is 177 g/mol. The van der Waals surface area contributed by atoms with Gasteiger partial charge in [-0.2, -0.15) is 5.26 Å². The van der Waals surface area contributed by atoms with Gasteiger partial charge in [0, 0.05) is 6.20 Å². The first kappa shape index (κ1) is 9.00. The SMILES string of the molecule is COC(=O)c1cnc(N)c(C#N)c1. The van der Waals surface area contributed by atoms with Gasteiger partial charge in [0.05, 0.1) is 18.2 Å². The van der Waals surface area contributed by atoms with Crippen LogP contribution in [-0.2, 0) is 4.74 Å². The Morgan fingerprint density at radius 2 is 2.46 bits per heavy atom. The number of nitriles is 1. The van der Waals surface area contributed by atoms with Crippen LogP contribution in [0.2, 0.25) is 0 Å². The van der Waals surface area contributed by atoms with Crippen molar-refractivity contribution in [3.8, 4) is 6.07 Å². The largest absolute Gasteiger partial charge is 0.465 e. The van der Waals surface area contributed by atoms with Gasteiger partial charge in [0.1, 0.15) is 11.9 Å². The molecule has 2 N–H and O–H groups in total. The van der Waals surface area contributed by atoms with Crippen LogP contribution in [0, 0.1) is 11.3 Å². The van der Waals surface area contributed by atoms with E-state index in [2.05, 4.69) is 9.72 Å². The van der Waals surface area contributed by atoms with Crippen molar-refractivity contribution >= 4 is 11.8 Å². The normalized spacial score (nSPS) is 8.92. The van der Waals surface area contributed by atoms with Crippen LogP contribution in [0.1, 0.15) is 15.9 Å². The molecule has 0 bridgehead atoms. The van der Waals surface area contributed by atoms with Crippen LogP contribution in [0.25, 0.3) is 0 Å². The number of carbonyl (C=O) groups excluding carboxylic acids is 1. The molecule has 0 aliphatic heterocycles. The van der Waals surface area contributed by atoms with E-state index in [1.807, 2.05) is 6.07 Å². The van der Waals surface area contributed by atoms with Gasteiger partial charge >= 0.3 is 5.97 Å². The number of rotatable bonds is 1. The van der Waals surface area contributed by atoms with Crippen LogP contribution in [0.4, 0.5) is 5.82 Å². The predicted molar refractivity (Wildman–Crippen MR) is 44.7 cm³/mol. The third-order valence-electron chi connectivity index (χ3n) is 1.46. The summed E-state index contributed by atoms with van der Waals surface area (Å²) in [5.74, 6) is -0.431. The molecule has 5 heteroatoms. The highest BCUT2D eigenvalue weighted by Crippen LogP contribution is 2.09. The third kappa shape index (κ3) is 1.73. The summed E-state index contributed by atoms with van der Waals surface area (Å²) in [6.07, 6.45) is 1.27. The molecule has 1 aromatic heterocycles. The smallest absolute Gasteiger partial charge is 0.339 e. The van der Waals surface area contributed by atoms with E-state index in [1.54, 1.807) is 0 Å². The van der Waals surface area contributed by atoms with E-state index in [0.717, 1.165) is 0 Å². The number of hydrogen-bond donors (Lipinski definition) is 1. The molecule has 0 aliphatic carbocycles. The summed E-state index contributed by atoms with van der Waals surface area (Å²) in [6, 6.07) is 3.16. The van der Waals surface area contributed by atoms with Gasteiger partial charge in [-0.05, 0) is 6.07 Å². The Kier molecular flexibility index (Phi) is 2.45. The number of hydrogen-bond acceptors (Lipinski definition) is 5. The number of nitrogen functional groups attached to an aromatic ring is 1. The topological polar surface area (TPSA) is 89.0 Å². The summed E-state index contributed by atoms with van der Waals surface area (Å²) in [4.78, 5) is 14.7. The molecule has 1 rings (SSSR count). The molecule has 13 heavy (non-hydrogen) atoms. The van der Waals surface area contributed by atoms with Crippen molar-refractivity contribution in [2.24, 2.45) is 0 Å². The van der Waals surface area contributed by atoms with Crippen molar-refractivity contribution in [2.75, 3.05) is 12.8 Å². The molecule has 0 aliphatic rings. The van der Waals surface area contributed by atoms with Crippen molar-refractivity contribution in [3.63, 3.8) is 0 Å². The van der Waals surface area contributed by atoms with Crippen LogP contribution in [0.5, 0.6) is 0 Å². The number of nitrogens with zero attached hydrogens (tertiary/aromatic N) is 2. The summed E-state index contributed by atoms with van der Waals surface area (Å²) in [7, 11) is 1.25. The minimum absolute atomic E-state index is 0.107. The highest BCUT2D eigenvalue weighted by atomic mass is 16.5. The number of esters is 1. The Morgan fingerprint density at radius 3 is 3.00 bits per heavy atom. The quantitative estimate of drug-likeness (QED) is 0.624. The van der Waals surface area contributed by atoms with Gasteiger partial charge in [-0.25, -0.2) is 9.78 Å². The zero-order valence-corrected chi connectivity index (χ0v) is 6.94. The van der Waals surface area contributed by atoms with E-state index in [4.69, 9.17) is 11.0 Å². The Morgan fingerprint density at radius 1 is 1.77 bits per heavy atom. The summed E-state index contributed by atoms with van der Waals surface area (Å²) in [6.45, 7) is 0. The van der Waals surface area contributed by atoms with Gasteiger partial charge in [0.15, 0.2) is 0 Å². The maximum atomic E-state index is 11.0. The highest BCUT2D eigenvalue weighted by molar-refractivity contribution is 5.89. The van der Waals surface area contributed by atoms with Crippen molar-refractivity contribution in [1.29, 1.82) is 5.26 Å². The lowest BCUT2D eigenvalue weighted by molar-refractivity contribution is 0.0600. The second kappa shape index (κ2) is 3.54. The number of ether oxygens (including phenoxy) is 1.